The fourth-order valence-corrected chi connectivity index (χ4v) is 2.04. The molecule has 1 rings (SSSR count). The molecule has 1 heterocycles. The molecule has 0 aliphatic carbocycles. The molecule has 0 radical (unpaired) electrons. The average Bonchev–Trinajstić information content (AvgIpc) is 2.25. The van der Waals surface area contributed by atoms with Gasteiger partial charge in [0.15, 0.2) is 0 Å². The third-order valence-electron chi connectivity index (χ3n) is 1.91. The first-order valence-electron chi connectivity index (χ1n) is 4.97. The van der Waals surface area contributed by atoms with E-state index in [-0.39, 0.29) is 5.56 Å². The number of carbonyl (C=O) groups is 1. The monoisotopic (exact) mass is 251 g/mol. The largest absolute Gasteiger partial charge is 0.545 e. The number of nitriles is 1. The van der Waals surface area contributed by atoms with Crippen LogP contribution < -0.4 is 10.7 Å². The van der Waals surface area contributed by atoms with Gasteiger partial charge < -0.3 is 14.9 Å². The zero-order valence-corrected chi connectivity index (χ0v) is 10.3. The van der Waals surface area contributed by atoms with Crippen LogP contribution in [0.15, 0.2) is 15.9 Å². The highest BCUT2D eigenvalue weighted by atomic mass is 32.2. The van der Waals surface area contributed by atoms with Gasteiger partial charge in [-0.05, 0) is 12.0 Å². The van der Waals surface area contributed by atoms with Crippen molar-refractivity contribution in [2.75, 3.05) is 5.75 Å². The van der Waals surface area contributed by atoms with Crippen molar-refractivity contribution in [3.8, 4) is 6.07 Å². The molecule has 1 aromatic rings. The third-order valence-corrected chi connectivity index (χ3v) is 3.35. The molecular weight excluding hydrogens is 240 g/mol. The molecule has 1 aromatic heterocycles. The maximum Gasteiger partial charge on any atom is 0.257 e. The summed E-state index contributed by atoms with van der Waals surface area (Å²) in [6.07, 6.45) is 0. The summed E-state index contributed by atoms with van der Waals surface area (Å²) in [4.78, 5) is 24.4. The summed E-state index contributed by atoms with van der Waals surface area (Å²) in [6.45, 7) is 4.01. The molecule has 0 saturated heterocycles. The number of rotatable bonds is 4. The normalized spacial score (nSPS) is 10.2. The Morgan fingerprint density at radius 1 is 1.65 bits per heavy atom. The molecule has 0 aliphatic rings. The molecule has 0 spiro atoms. The molecule has 0 aromatic carbocycles. The van der Waals surface area contributed by atoms with Gasteiger partial charge in [-0.25, -0.2) is 0 Å². The van der Waals surface area contributed by atoms with E-state index in [0.717, 1.165) is 11.8 Å². The summed E-state index contributed by atoms with van der Waals surface area (Å²) >= 11 is 1.32. The van der Waals surface area contributed by atoms with E-state index in [4.69, 9.17) is 5.26 Å². The van der Waals surface area contributed by atoms with Gasteiger partial charge in [-0.3, -0.25) is 4.79 Å². The van der Waals surface area contributed by atoms with Crippen LogP contribution in [0.1, 0.15) is 29.8 Å². The molecule has 0 amide bonds. The van der Waals surface area contributed by atoms with Gasteiger partial charge in [-0.15, -0.1) is 11.8 Å². The van der Waals surface area contributed by atoms with E-state index in [2.05, 4.69) is 4.98 Å². The minimum atomic E-state index is -1.58. The van der Waals surface area contributed by atoms with E-state index >= 15 is 0 Å². The molecule has 0 bridgehead atoms. The number of carboxylic acid groups (broad SMARTS) is 1. The number of hydrogen-bond acceptors (Lipinski definition) is 5. The molecular formula is C11H11N2O3S-. The number of hydrogen-bond donors (Lipinski definition) is 1. The van der Waals surface area contributed by atoms with Gasteiger partial charge in [-0.2, -0.15) is 5.26 Å². The molecule has 17 heavy (non-hydrogen) atoms. The van der Waals surface area contributed by atoms with Crippen LogP contribution in [0, 0.1) is 17.2 Å². The second-order valence-electron chi connectivity index (χ2n) is 3.86. The van der Waals surface area contributed by atoms with Crippen LogP contribution in [0.5, 0.6) is 0 Å². The van der Waals surface area contributed by atoms with Crippen molar-refractivity contribution in [3.63, 3.8) is 0 Å². The van der Waals surface area contributed by atoms with E-state index in [0.29, 0.717) is 10.9 Å². The first kappa shape index (κ1) is 13.3. The number of pyridine rings is 1. The number of thioether (sulfide) groups is 1. The van der Waals surface area contributed by atoms with Crippen molar-refractivity contribution in [2.45, 2.75) is 18.9 Å². The molecule has 0 unspecified atom stereocenters. The second kappa shape index (κ2) is 5.55. The fourth-order valence-electron chi connectivity index (χ4n) is 1.11. The Morgan fingerprint density at radius 3 is 2.76 bits per heavy atom. The zero-order valence-electron chi connectivity index (χ0n) is 9.44. The predicted octanol–water partition coefficient (Wildman–Crippen LogP) is 0.358. The summed E-state index contributed by atoms with van der Waals surface area (Å²) in [7, 11) is 0. The smallest absolute Gasteiger partial charge is 0.257 e. The lowest BCUT2D eigenvalue weighted by Crippen LogP contribution is -2.30. The van der Waals surface area contributed by atoms with E-state index in [9.17, 15) is 14.7 Å². The van der Waals surface area contributed by atoms with Crippen molar-refractivity contribution in [1.82, 2.24) is 4.98 Å². The van der Waals surface area contributed by atoms with Gasteiger partial charge in [0.2, 0.25) is 0 Å². The Labute approximate surface area is 102 Å². The highest BCUT2D eigenvalue weighted by molar-refractivity contribution is 7.99. The average molecular weight is 251 g/mol. The van der Waals surface area contributed by atoms with Crippen molar-refractivity contribution < 1.29 is 9.90 Å². The summed E-state index contributed by atoms with van der Waals surface area (Å²) in [6, 6.07) is 2.91. The highest BCUT2D eigenvalue weighted by Crippen LogP contribution is 2.21. The molecule has 90 valence electrons. The van der Waals surface area contributed by atoms with Gasteiger partial charge in [0.05, 0.1) is 22.1 Å². The first-order valence-corrected chi connectivity index (χ1v) is 5.95. The summed E-state index contributed by atoms with van der Waals surface area (Å²) in [5.41, 5.74) is -1.11. The van der Waals surface area contributed by atoms with Gasteiger partial charge in [0.1, 0.15) is 6.07 Å². The molecule has 0 fully saturated rings. The Bertz CT molecular complexity index is 528. The standard InChI is InChI=1S/C11H12N2O3S/c1-6(2)5-17-10-7(4-12)3-8(11(15)16)9(14)13-10/h3,6H,5H2,1-2H3,(H,13,14)(H,15,16)/p-1. The Kier molecular flexibility index (Phi) is 4.35. The minimum Gasteiger partial charge on any atom is -0.545 e. The number of aromatic amines is 1. The summed E-state index contributed by atoms with van der Waals surface area (Å²) in [5.74, 6) is -0.450. The van der Waals surface area contributed by atoms with Crippen LogP contribution in [0.4, 0.5) is 0 Å². The van der Waals surface area contributed by atoms with Gasteiger partial charge in [-0.1, -0.05) is 13.8 Å². The number of aromatic nitrogens is 1. The van der Waals surface area contributed by atoms with E-state index in [1.165, 1.54) is 11.8 Å². The van der Waals surface area contributed by atoms with Gasteiger partial charge >= 0.3 is 0 Å². The lowest BCUT2D eigenvalue weighted by Gasteiger charge is -2.08. The summed E-state index contributed by atoms with van der Waals surface area (Å²) < 4.78 is 0. The number of nitrogens with one attached hydrogen (secondary N) is 1. The van der Waals surface area contributed by atoms with Crippen molar-refractivity contribution in [3.05, 3.63) is 27.5 Å². The highest BCUT2D eigenvalue weighted by Gasteiger charge is 2.10. The van der Waals surface area contributed by atoms with Gasteiger partial charge in [0, 0.05) is 5.75 Å². The molecule has 0 atom stereocenters. The fraction of sp³-hybridized carbons (Fsp3) is 0.364. The van der Waals surface area contributed by atoms with Crippen molar-refractivity contribution in [2.24, 2.45) is 5.92 Å². The number of carboxylic acids is 1. The van der Waals surface area contributed by atoms with Crippen LogP contribution in [0.3, 0.4) is 0 Å². The van der Waals surface area contributed by atoms with Crippen LogP contribution in [-0.4, -0.2) is 16.7 Å². The Morgan fingerprint density at radius 2 is 2.29 bits per heavy atom. The maximum atomic E-state index is 11.4. The number of aromatic carboxylic acids is 1. The van der Waals surface area contributed by atoms with E-state index < -0.39 is 17.1 Å². The number of carbonyl (C=O) groups excluding carboxylic acids is 1. The zero-order chi connectivity index (χ0) is 13.0. The van der Waals surface area contributed by atoms with Crippen molar-refractivity contribution in [1.29, 1.82) is 5.26 Å². The summed E-state index contributed by atoms with van der Waals surface area (Å²) in [5, 5.41) is 19.9. The lowest BCUT2D eigenvalue weighted by atomic mass is 10.2. The number of nitrogens with zero attached hydrogens (tertiary/aromatic N) is 1. The third kappa shape index (κ3) is 3.36. The molecule has 0 aliphatic heterocycles. The molecule has 5 nitrogen and oxygen atoms in total. The van der Waals surface area contributed by atoms with Gasteiger partial charge in [0.25, 0.3) is 5.56 Å². The van der Waals surface area contributed by atoms with Crippen LogP contribution in [-0.2, 0) is 0 Å². The maximum absolute atomic E-state index is 11.4. The quantitative estimate of drug-likeness (QED) is 0.779. The predicted molar refractivity (Wildman–Crippen MR) is 61.7 cm³/mol. The van der Waals surface area contributed by atoms with Crippen molar-refractivity contribution >= 4 is 17.7 Å². The van der Waals surface area contributed by atoms with E-state index in [1.54, 1.807) is 0 Å². The number of H-pyrrole nitrogens is 1. The minimum absolute atomic E-state index is 0.148. The van der Waals surface area contributed by atoms with Crippen LogP contribution >= 0.6 is 11.8 Å². The van der Waals surface area contributed by atoms with E-state index in [1.807, 2.05) is 19.9 Å². The lowest BCUT2D eigenvalue weighted by molar-refractivity contribution is -0.255. The molecule has 1 N–H and O–H groups in total. The SMILES string of the molecule is CC(C)CSc1[nH]c(=O)c(C(=O)[O-])cc1C#N. The Balaban J connectivity index is 3.16. The second-order valence-corrected chi connectivity index (χ2v) is 4.89. The van der Waals surface area contributed by atoms with Crippen LogP contribution in [0.2, 0.25) is 0 Å². The van der Waals surface area contributed by atoms with Crippen LogP contribution in [0.25, 0.3) is 0 Å². The topological polar surface area (TPSA) is 96.8 Å². The Hall–Kier alpha value is -1.74. The first-order chi connectivity index (χ1) is 7.95. The molecule has 6 heteroatoms. The molecule has 0 saturated carbocycles.